The number of thiophene rings is 1. The Morgan fingerprint density at radius 3 is 2.50 bits per heavy atom. The van der Waals surface area contributed by atoms with Crippen molar-refractivity contribution >= 4 is 43.2 Å². The molecular weight excluding hydrogens is 348 g/mol. The smallest absolute Gasteiger partial charge is 0.0500 e. The molecular formula is C13H20Br2S. The minimum absolute atomic E-state index is 0.535. The van der Waals surface area contributed by atoms with E-state index in [0.29, 0.717) is 4.83 Å². The van der Waals surface area contributed by atoms with Crippen LogP contribution in [0.1, 0.15) is 61.6 Å². The second-order valence-electron chi connectivity index (χ2n) is 4.16. The van der Waals surface area contributed by atoms with Crippen LogP contribution >= 0.6 is 43.2 Å². The van der Waals surface area contributed by atoms with Crippen LogP contribution in [0.25, 0.3) is 0 Å². The van der Waals surface area contributed by atoms with Crippen LogP contribution in [-0.4, -0.2) is 0 Å². The molecule has 0 spiro atoms. The molecule has 16 heavy (non-hydrogen) atoms. The number of hydrogen-bond acceptors (Lipinski definition) is 1. The largest absolute Gasteiger partial charge is 0.147 e. The Bertz CT molecular complexity index is 283. The molecule has 92 valence electrons. The van der Waals surface area contributed by atoms with Gasteiger partial charge < -0.3 is 0 Å². The summed E-state index contributed by atoms with van der Waals surface area (Å²) in [5, 5.41) is 2.15. The lowest BCUT2D eigenvalue weighted by Crippen LogP contribution is -1.88. The van der Waals surface area contributed by atoms with E-state index in [1.807, 2.05) is 11.3 Å². The second kappa shape index (κ2) is 8.71. The minimum atomic E-state index is 0.535. The third-order valence-corrected chi connectivity index (χ3v) is 5.94. The molecule has 0 aliphatic carbocycles. The Morgan fingerprint density at radius 2 is 1.88 bits per heavy atom. The molecule has 1 aromatic heterocycles. The fourth-order valence-corrected chi connectivity index (χ4v) is 4.63. The van der Waals surface area contributed by atoms with Gasteiger partial charge in [0.1, 0.15) is 0 Å². The van der Waals surface area contributed by atoms with Gasteiger partial charge in [0.2, 0.25) is 0 Å². The second-order valence-corrected chi connectivity index (χ2v) is 7.06. The lowest BCUT2D eigenvalue weighted by molar-refractivity contribution is 0.589. The van der Waals surface area contributed by atoms with E-state index >= 15 is 0 Å². The Labute approximate surface area is 120 Å². The van der Waals surface area contributed by atoms with Crippen molar-refractivity contribution in [2.45, 2.75) is 56.7 Å². The fraction of sp³-hybridized carbons (Fsp3) is 0.692. The number of hydrogen-bond donors (Lipinski definition) is 0. The third kappa shape index (κ3) is 5.33. The number of rotatable bonds is 8. The van der Waals surface area contributed by atoms with Gasteiger partial charge in [-0.3, -0.25) is 0 Å². The summed E-state index contributed by atoms with van der Waals surface area (Å²) in [4.78, 5) is 1.97. The molecule has 1 unspecified atom stereocenters. The molecule has 0 fully saturated rings. The van der Waals surface area contributed by atoms with Crippen molar-refractivity contribution in [2.24, 2.45) is 0 Å². The van der Waals surface area contributed by atoms with Crippen LogP contribution in [0.15, 0.2) is 15.9 Å². The van der Waals surface area contributed by atoms with Crippen molar-refractivity contribution in [1.82, 2.24) is 0 Å². The number of alkyl halides is 1. The quantitative estimate of drug-likeness (QED) is 0.354. The molecule has 0 saturated heterocycles. The molecule has 3 heteroatoms. The van der Waals surface area contributed by atoms with Gasteiger partial charge in [-0.25, -0.2) is 0 Å². The van der Waals surface area contributed by atoms with Gasteiger partial charge in [-0.2, -0.15) is 0 Å². The van der Waals surface area contributed by atoms with Gasteiger partial charge >= 0.3 is 0 Å². The van der Waals surface area contributed by atoms with Crippen molar-refractivity contribution in [3.63, 3.8) is 0 Å². The van der Waals surface area contributed by atoms with Gasteiger partial charge in [-0.15, -0.1) is 11.3 Å². The van der Waals surface area contributed by atoms with Gasteiger partial charge in [0.15, 0.2) is 0 Å². The first-order chi connectivity index (χ1) is 7.75. The zero-order valence-electron chi connectivity index (χ0n) is 9.85. The van der Waals surface area contributed by atoms with Crippen molar-refractivity contribution in [3.8, 4) is 0 Å². The van der Waals surface area contributed by atoms with Gasteiger partial charge in [0.25, 0.3) is 0 Å². The maximum atomic E-state index is 3.78. The lowest BCUT2D eigenvalue weighted by Gasteiger charge is -2.08. The molecule has 0 aliphatic rings. The minimum Gasteiger partial charge on any atom is -0.147 e. The van der Waals surface area contributed by atoms with Crippen LogP contribution in [0, 0.1) is 0 Å². The average Bonchev–Trinajstić information content (AvgIpc) is 2.69. The summed E-state index contributed by atoms with van der Waals surface area (Å²) >= 11 is 9.21. The SMILES string of the molecule is CCCCCCCCC(Br)c1sccc1Br. The lowest BCUT2D eigenvalue weighted by atomic mass is 10.1. The van der Waals surface area contributed by atoms with Crippen LogP contribution < -0.4 is 0 Å². The van der Waals surface area contributed by atoms with E-state index in [1.165, 1.54) is 54.3 Å². The van der Waals surface area contributed by atoms with E-state index in [-0.39, 0.29) is 0 Å². The van der Waals surface area contributed by atoms with E-state index in [4.69, 9.17) is 0 Å². The average molecular weight is 368 g/mol. The highest BCUT2D eigenvalue weighted by Gasteiger charge is 2.11. The molecule has 0 aliphatic heterocycles. The van der Waals surface area contributed by atoms with Crippen molar-refractivity contribution in [1.29, 1.82) is 0 Å². The van der Waals surface area contributed by atoms with Gasteiger partial charge in [-0.1, -0.05) is 61.4 Å². The molecule has 0 aromatic carbocycles. The Balaban J connectivity index is 2.11. The summed E-state index contributed by atoms with van der Waals surface area (Å²) in [6.45, 7) is 2.27. The molecule has 0 N–H and O–H groups in total. The first-order valence-electron chi connectivity index (χ1n) is 6.12. The maximum absolute atomic E-state index is 3.78. The van der Waals surface area contributed by atoms with Crippen molar-refractivity contribution in [3.05, 3.63) is 20.8 Å². The maximum Gasteiger partial charge on any atom is 0.0500 e. The molecule has 1 heterocycles. The van der Waals surface area contributed by atoms with Crippen LogP contribution in [-0.2, 0) is 0 Å². The third-order valence-electron chi connectivity index (χ3n) is 2.74. The highest BCUT2D eigenvalue weighted by atomic mass is 79.9. The van der Waals surface area contributed by atoms with Gasteiger partial charge in [0, 0.05) is 9.35 Å². The predicted molar refractivity (Wildman–Crippen MR) is 81.7 cm³/mol. The molecule has 0 saturated carbocycles. The summed E-state index contributed by atoms with van der Waals surface area (Å²) in [6, 6.07) is 2.13. The molecule has 1 atom stereocenters. The molecule has 1 rings (SSSR count). The van der Waals surface area contributed by atoms with Crippen LogP contribution in [0.5, 0.6) is 0 Å². The summed E-state index contributed by atoms with van der Waals surface area (Å²) in [7, 11) is 0. The monoisotopic (exact) mass is 366 g/mol. The van der Waals surface area contributed by atoms with Gasteiger partial charge in [0.05, 0.1) is 4.83 Å². The summed E-state index contributed by atoms with van der Waals surface area (Å²) in [5.41, 5.74) is 0. The molecule has 0 amide bonds. The van der Waals surface area contributed by atoms with Crippen molar-refractivity contribution < 1.29 is 0 Å². The Morgan fingerprint density at radius 1 is 1.19 bits per heavy atom. The summed E-state index contributed by atoms with van der Waals surface area (Å²) in [6.07, 6.45) is 9.52. The highest BCUT2D eigenvalue weighted by Crippen LogP contribution is 2.37. The Hall–Kier alpha value is 0.660. The van der Waals surface area contributed by atoms with Crippen LogP contribution in [0.3, 0.4) is 0 Å². The topological polar surface area (TPSA) is 0 Å². The summed E-state index contributed by atoms with van der Waals surface area (Å²) in [5.74, 6) is 0. The molecule has 0 nitrogen and oxygen atoms in total. The number of unbranched alkanes of at least 4 members (excludes halogenated alkanes) is 5. The van der Waals surface area contributed by atoms with Crippen LogP contribution in [0.4, 0.5) is 0 Å². The van der Waals surface area contributed by atoms with E-state index in [0.717, 1.165) is 0 Å². The molecule has 0 radical (unpaired) electrons. The zero-order chi connectivity index (χ0) is 11.8. The van der Waals surface area contributed by atoms with Crippen LogP contribution in [0.2, 0.25) is 0 Å². The normalized spacial score (nSPS) is 12.9. The summed E-state index contributed by atoms with van der Waals surface area (Å²) < 4.78 is 1.25. The first kappa shape index (κ1) is 14.7. The fourth-order valence-electron chi connectivity index (χ4n) is 1.76. The molecule has 1 aromatic rings. The zero-order valence-corrected chi connectivity index (χ0v) is 13.8. The highest BCUT2D eigenvalue weighted by molar-refractivity contribution is 9.11. The van der Waals surface area contributed by atoms with E-state index in [2.05, 4.69) is 50.2 Å². The van der Waals surface area contributed by atoms with Gasteiger partial charge in [-0.05, 0) is 33.8 Å². The van der Waals surface area contributed by atoms with Crippen molar-refractivity contribution in [2.75, 3.05) is 0 Å². The first-order valence-corrected chi connectivity index (χ1v) is 8.71. The van der Waals surface area contributed by atoms with E-state index in [9.17, 15) is 0 Å². The number of halogens is 2. The predicted octanol–water partition coefficient (Wildman–Crippen LogP) is 6.70. The molecule has 0 bridgehead atoms. The van der Waals surface area contributed by atoms with E-state index in [1.54, 1.807) is 0 Å². The standard InChI is InChI=1S/C13H20Br2S/c1-2-3-4-5-6-7-8-11(14)13-12(15)9-10-16-13/h9-11H,2-8H2,1H3. The Kier molecular flexibility index (Phi) is 8.01. The van der Waals surface area contributed by atoms with E-state index < -0.39 is 0 Å².